The normalized spacial score (nSPS) is 15.1. The van der Waals surface area contributed by atoms with Crippen LogP contribution in [-0.2, 0) is 27.2 Å². The molecule has 1 fully saturated rings. The van der Waals surface area contributed by atoms with Gasteiger partial charge in [0.2, 0.25) is 0 Å². The number of carbonyl (C=O) groups excluding carboxylic acids is 1. The van der Waals surface area contributed by atoms with Gasteiger partial charge in [-0.25, -0.2) is 0 Å². The molecule has 168 valence electrons. The van der Waals surface area contributed by atoms with Crippen molar-refractivity contribution in [1.82, 2.24) is 0 Å². The van der Waals surface area contributed by atoms with Crippen LogP contribution in [0.3, 0.4) is 0 Å². The van der Waals surface area contributed by atoms with Gasteiger partial charge in [-0.15, -0.1) is 0 Å². The maximum atomic E-state index is 11.2. The van der Waals surface area contributed by atoms with Crippen LogP contribution in [-0.4, -0.2) is 23.1 Å². The summed E-state index contributed by atoms with van der Waals surface area (Å²) in [5.41, 5.74) is 6.35. The molecule has 1 saturated carbocycles. The highest BCUT2D eigenvalue weighted by Crippen LogP contribution is 2.43. The summed E-state index contributed by atoms with van der Waals surface area (Å²) in [6.07, 6.45) is 11.2. The number of ether oxygens (including phenoxy) is 1. The van der Waals surface area contributed by atoms with Crippen molar-refractivity contribution in [1.29, 1.82) is 0 Å². The monoisotopic (exact) mass is 416 g/mol. The molecule has 0 saturated heterocycles. The van der Waals surface area contributed by atoms with Crippen molar-refractivity contribution in [3.63, 3.8) is 0 Å². The molecule has 0 spiro atoms. The van der Waals surface area contributed by atoms with Crippen molar-refractivity contribution in [3.05, 3.63) is 33.9 Å². The Bertz CT molecular complexity index is 744. The van der Waals surface area contributed by atoms with Crippen molar-refractivity contribution in [2.24, 2.45) is 5.41 Å². The first-order valence-electron chi connectivity index (χ1n) is 11.6. The van der Waals surface area contributed by atoms with E-state index in [2.05, 4.69) is 26.8 Å². The fourth-order valence-electron chi connectivity index (χ4n) is 4.41. The minimum absolute atomic E-state index is 0.140. The largest absolute Gasteiger partial charge is 0.481 e. The van der Waals surface area contributed by atoms with Crippen LogP contribution in [0, 0.1) is 26.2 Å². The van der Waals surface area contributed by atoms with Crippen LogP contribution in [0.2, 0.25) is 0 Å². The maximum Gasteiger partial charge on any atom is 0.309 e. The summed E-state index contributed by atoms with van der Waals surface area (Å²) < 4.78 is 5.26. The van der Waals surface area contributed by atoms with Gasteiger partial charge in [0, 0.05) is 0 Å². The van der Waals surface area contributed by atoms with Gasteiger partial charge in [0.1, 0.15) is 5.60 Å². The number of carbonyl (C=O) groups is 2. The lowest BCUT2D eigenvalue weighted by molar-refractivity contribution is -0.147. The predicted octanol–water partition coefficient (Wildman–Crippen LogP) is 6.24. The Morgan fingerprint density at radius 2 is 1.73 bits per heavy atom. The van der Waals surface area contributed by atoms with Gasteiger partial charge in [-0.1, -0.05) is 18.9 Å². The second kappa shape index (κ2) is 10.5. The summed E-state index contributed by atoms with van der Waals surface area (Å²) in [5.74, 6) is -0.706. The van der Waals surface area contributed by atoms with E-state index < -0.39 is 11.4 Å². The molecule has 0 aliphatic heterocycles. The summed E-state index contributed by atoms with van der Waals surface area (Å²) >= 11 is 0. The van der Waals surface area contributed by atoms with Crippen LogP contribution in [0.25, 0.3) is 0 Å². The molecule has 1 aliphatic carbocycles. The molecular formula is C26H40O4. The Balaban J connectivity index is 1.86. The van der Waals surface area contributed by atoms with E-state index in [1.165, 1.54) is 27.8 Å². The van der Waals surface area contributed by atoms with Gasteiger partial charge in [0.05, 0.1) is 5.41 Å². The maximum absolute atomic E-state index is 11.2. The Morgan fingerprint density at radius 3 is 2.33 bits per heavy atom. The summed E-state index contributed by atoms with van der Waals surface area (Å²) in [6, 6.07) is 2.34. The van der Waals surface area contributed by atoms with Crippen molar-refractivity contribution < 1.29 is 19.4 Å². The lowest BCUT2D eigenvalue weighted by Crippen LogP contribution is -2.23. The van der Waals surface area contributed by atoms with E-state index in [4.69, 9.17) is 4.74 Å². The molecule has 4 heteroatoms. The Morgan fingerprint density at radius 1 is 1.07 bits per heavy atom. The zero-order valence-corrected chi connectivity index (χ0v) is 19.6. The number of carboxylic acid groups (broad SMARTS) is 1. The topological polar surface area (TPSA) is 63.6 Å². The van der Waals surface area contributed by atoms with Crippen LogP contribution >= 0.6 is 0 Å². The zero-order valence-electron chi connectivity index (χ0n) is 19.6. The first kappa shape index (κ1) is 24.4. The van der Waals surface area contributed by atoms with Crippen LogP contribution in [0.1, 0.15) is 99.5 Å². The van der Waals surface area contributed by atoms with E-state index in [-0.39, 0.29) is 5.60 Å². The Hall–Kier alpha value is -1.84. The fourth-order valence-corrected chi connectivity index (χ4v) is 4.41. The van der Waals surface area contributed by atoms with E-state index in [9.17, 15) is 14.7 Å². The quantitative estimate of drug-likeness (QED) is 0.288. The predicted molar refractivity (Wildman–Crippen MR) is 121 cm³/mol. The number of rotatable bonds is 14. The van der Waals surface area contributed by atoms with E-state index in [1.54, 1.807) is 0 Å². The number of carboxylic acids is 1. The number of aryl methyl sites for hydroxylation is 2. The third kappa shape index (κ3) is 6.58. The van der Waals surface area contributed by atoms with Gasteiger partial charge in [-0.3, -0.25) is 9.59 Å². The first-order chi connectivity index (χ1) is 14.1. The molecule has 0 heterocycles. The minimum Gasteiger partial charge on any atom is -0.481 e. The second-order valence-electron chi connectivity index (χ2n) is 9.94. The van der Waals surface area contributed by atoms with Crippen LogP contribution < -0.4 is 0 Å². The molecule has 2 rings (SSSR count). The van der Waals surface area contributed by atoms with E-state index in [0.29, 0.717) is 6.47 Å². The van der Waals surface area contributed by atoms with E-state index >= 15 is 0 Å². The third-order valence-electron chi connectivity index (χ3n) is 7.11. The van der Waals surface area contributed by atoms with Crippen LogP contribution in [0.5, 0.6) is 0 Å². The molecule has 1 aromatic carbocycles. The lowest BCUT2D eigenvalue weighted by Gasteiger charge is -2.19. The molecule has 0 aromatic heterocycles. The van der Waals surface area contributed by atoms with Gasteiger partial charge in [0.25, 0.3) is 6.47 Å². The third-order valence-corrected chi connectivity index (χ3v) is 7.11. The fraction of sp³-hybridized carbons (Fsp3) is 0.692. The molecule has 1 N–H and O–H groups in total. The standard InChI is InChI=1S/C26H40O4/c1-19-17-22(11-7-6-9-13-25(4,5)24(28)29)21(3)23(20(19)2)12-8-10-14-26(15-16-26)30-18-27/h17-18H,6-16H2,1-5H3,(H,28,29). The molecule has 4 nitrogen and oxygen atoms in total. The molecule has 0 unspecified atom stereocenters. The van der Waals surface area contributed by atoms with Crippen LogP contribution in [0.15, 0.2) is 6.07 Å². The number of hydrogen-bond acceptors (Lipinski definition) is 3. The summed E-state index contributed by atoms with van der Waals surface area (Å²) in [4.78, 5) is 21.9. The first-order valence-corrected chi connectivity index (χ1v) is 11.6. The Kier molecular flexibility index (Phi) is 8.52. The smallest absolute Gasteiger partial charge is 0.309 e. The molecule has 0 atom stereocenters. The molecule has 1 aromatic rings. The number of aliphatic carboxylic acids is 1. The summed E-state index contributed by atoms with van der Waals surface area (Å²) in [7, 11) is 0. The number of unbranched alkanes of at least 4 members (excludes halogenated alkanes) is 3. The van der Waals surface area contributed by atoms with Crippen molar-refractivity contribution >= 4 is 12.4 Å². The highest BCUT2D eigenvalue weighted by Gasteiger charge is 2.44. The lowest BCUT2D eigenvalue weighted by atomic mass is 9.86. The van der Waals surface area contributed by atoms with Gasteiger partial charge >= 0.3 is 5.97 Å². The Labute approximate surface area is 182 Å². The summed E-state index contributed by atoms with van der Waals surface area (Å²) in [5, 5.41) is 9.24. The van der Waals surface area contributed by atoms with Gasteiger partial charge in [-0.2, -0.15) is 0 Å². The van der Waals surface area contributed by atoms with Crippen molar-refractivity contribution in [2.45, 2.75) is 111 Å². The summed E-state index contributed by atoms with van der Waals surface area (Å²) in [6.45, 7) is 10.9. The van der Waals surface area contributed by atoms with E-state index in [1.807, 2.05) is 13.8 Å². The average Bonchev–Trinajstić information content (AvgIpc) is 3.44. The highest BCUT2D eigenvalue weighted by atomic mass is 16.5. The SMILES string of the molecule is Cc1cc(CCCCCC(C)(C)C(=O)O)c(C)c(CCCCC2(OC=O)CC2)c1C. The molecule has 0 amide bonds. The number of benzene rings is 1. The molecule has 0 bridgehead atoms. The highest BCUT2D eigenvalue weighted by molar-refractivity contribution is 5.73. The van der Waals surface area contributed by atoms with Crippen molar-refractivity contribution in [3.8, 4) is 0 Å². The molecule has 0 radical (unpaired) electrons. The van der Waals surface area contributed by atoms with E-state index in [0.717, 1.165) is 70.6 Å². The molecular weight excluding hydrogens is 376 g/mol. The molecule has 1 aliphatic rings. The van der Waals surface area contributed by atoms with Crippen molar-refractivity contribution in [2.75, 3.05) is 0 Å². The van der Waals surface area contributed by atoms with Gasteiger partial charge in [0.15, 0.2) is 0 Å². The molecule has 30 heavy (non-hydrogen) atoms. The zero-order chi connectivity index (χ0) is 22.4. The minimum atomic E-state index is -0.706. The van der Waals surface area contributed by atoms with Gasteiger partial charge in [-0.05, 0) is 120 Å². The average molecular weight is 417 g/mol. The number of hydrogen-bond donors (Lipinski definition) is 1. The van der Waals surface area contributed by atoms with Gasteiger partial charge < -0.3 is 9.84 Å². The van der Waals surface area contributed by atoms with Crippen LogP contribution in [0.4, 0.5) is 0 Å². The second-order valence-corrected chi connectivity index (χ2v) is 9.94.